The number of carbonyl (C=O) groups excluding carboxylic acids is 1. The van der Waals surface area contributed by atoms with Gasteiger partial charge in [-0.1, -0.05) is 39.0 Å². The molecular weight excluding hydrogens is 356 g/mol. The van der Waals surface area contributed by atoms with Crippen LogP contribution in [0.2, 0.25) is 13.1 Å². The number of fused-ring (bicyclic) bond motifs is 1. The van der Waals surface area contributed by atoms with Crippen LogP contribution < -0.4 is 20.2 Å². The van der Waals surface area contributed by atoms with Crippen molar-refractivity contribution in [1.82, 2.24) is 5.32 Å². The molecule has 0 saturated carbocycles. The minimum absolute atomic E-state index is 0.0822. The van der Waals surface area contributed by atoms with Gasteiger partial charge < -0.3 is 20.2 Å². The lowest BCUT2D eigenvalue weighted by molar-refractivity contribution is 0.0966. The van der Waals surface area contributed by atoms with Crippen molar-refractivity contribution in [1.29, 1.82) is 0 Å². The van der Waals surface area contributed by atoms with Crippen LogP contribution >= 0.6 is 0 Å². The molecule has 3 N–H and O–H groups in total. The van der Waals surface area contributed by atoms with Crippen LogP contribution in [0.4, 0.5) is 5.69 Å². The summed E-state index contributed by atoms with van der Waals surface area (Å²) in [5, 5.41) is 2.88. The molecule has 0 bridgehead atoms. The molecule has 2 aromatic rings. The third-order valence-electron chi connectivity index (χ3n) is 4.77. The highest BCUT2D eigenvalue weighted by molar-refractivity contribution is 6.49. The molecule has 6 heteroatoms. The SMILES string of the molecule is COc1c(C(C)(C)C)ccc(-c2ccc(N)c3c2CNC3=O)c1O[SiH](C)C. The standard InChI is InChI=1S/C21H28N2O3Si/c1-21(2,3)15-9-7-13(18(19(15)25-4)26-27(5)6)12-8-10-16(22)17-14(12)11-23-20(17)24/h7-10,27H,11,22H2,1-6H3,(H,23,24). The minimum Gasteiger partial charge on any atom is -0.544 e. The highest BCUT2D eigenvalue weighted by Crippen LogP contribution is 2.46. The zero-order chi connectivity index (χ0) is 19.9. The van der Waals surface area contributed by atoms with E-state index in [9.17, 15) is 4.79 Å². The van der Waals surface area contributed by atoms with Crippen molar-refractivity contribution in [2.24, 2.45) is 0 Å². The van der Waals surface area contributed by atoms with E-state index < -0.39 is 9.04 Å². The molecule has 0 spiro atoms. The van der Waals surface area contributed by atoms with E-state index in [-0.39, 0.29) is 11.3 Å². The smallest absolute Gasteiger partial charge is 0.254 e. The van der Waals surface area contributed by atoms with E-state index in [0.717, 1.165) is 33.8 Å². The summed E-state index contributed by atoms with van der Waals surface area (Å²) >= 11 is 0. The first-order chi connectivity index (χ1) is 12.6. The molecule has 1 aliphatic rings. The maximum atomic E-state index is 12.2. The summed E-state index contributed by atoms with van der Waals surface area (Å²) in [6.45, 7) is 11.2. The van der Waals surface area contributed by atoms with Gasteiger partial charge in [0, 0.05) is 23.4 Å². The molecule has 0 atom stereocenters. The van der Waals surface area contributed by atoms with Gasteiger partial charge in [0.05, 0.1) is 12.7 Å². The molecule has 1 amide bonds. The van der Waals surface area contributed by atoms with Crippen molar-refractivity contribution < 1.29 is 14.0 Å². The maximum Gasteiger partial charge on any atom is 0.254 e. The number of nitrogens with one attached hydrogen (secondary N) is 1. The first-order valence-corrected chi connectivity index (χ1v) is 12.0. The molecular formula is C21H28N2O3Si. The molecule has 0 aliphatic carbocycles. The first-order valence-electron chi connectivity index (χ1n) is 9.23. The summed E-state index contributed by atoms with van der Waals surface area (Å²) in [6.07, 6.45) is 0. The monoisotopic (exact) mass is 384 g/mol. The fourth-order valence-corrected chi connectivity index (χ4v) is 4.25. The third-order valence-corrected chi connectivity index (χ3v) is 5.47. The number of anilines is 1. The molecule has 0 aromatic heterocycles. The molecule has 0 saturated heterocycles. The van der Waals surface area contributed by atoms with E-state index in [0.29, 0.717) is 17.8 Å². The second-order valence-corrected chi connectivity index (χ2v) is 10.5. The van der Waals surface area contributed by atoms with Gasteiger partial charge in [-0.05, 0) is 35.7 Å². The number of hydrogen-bond donors (Lipinski definition) is 2. The molecule has 1 aliphatic heterocycles. The number of carbonyl (C=O) groups is 1. The van der Waals surface area contributed by atoms with E-state index in [4.69, 9.17) is 14.9 Å². The molecule has 144 valence electrons. The van der Waals surface area contributed by atoms with Crippen LogP contribution in [0, 0.1) is 0 Å². The zero-order valence-corrected chi connectivity index (χ0v) is 18.1. The van der Waals surface area contributed by atoms with Gasteiger partial charge in [-0.2, -0.15) is 0 Å². The number of nitrogen functional groups attached to an aromatic ring is 1. The van der Waals surface area contributed by atoms with Crippen LogP contribution in [0.3, 0.4) is 0 Å². The third kappa shape index (κ3) is 3.41. The second kappa shape index (κ2) is 6.92. The van der Waals surface area contributed by atoms with Crippen LogP contribution in [-0.2, 0) is 12.0 Å². The van der Waals surface area contributed by atoms with Gasteiger partial charge in [0.2, 0.25) is 9.04 Å². The van der Waals surface area contributed by atoms with Crippen molar-refractivity contribution in [2.45, 2.75) is 45.8 Å². The number of methoxy groups -OCH3 is 1. The number of benzene rings is 2. The number of nitrogens with two attached hydrogens (primary N) is 1. The van der Waals surface area contributed by atoms with Gasteiger partial charge in [0.25, 0.3) is 5.91 Å². The summed E-state index contributed by atoms with van der Waals surface area (Å²) in [5.41, 5.74) is 11.0. The Labute approximate surface area is 162 Å². The van der Waals surface area contributed by atoms with Gasteiger partial charge in [0.15, 0.2) is 11.5 Å². The number of amides is 1. The Bertz CT molecular complexity index is 901. The van der Waals surface area contributed by atoms with E-state index in [2.05, 4.69) is 51.3 Å². The van der Waals surface area contributed by atoms with Crippen molar-refractivity contribution in [3.05, 3.63) is 41.0 Å². The maximum absolute atomic E-state index is 12.2. The molecule has 0 radical (unpaired) electrons. The van der Waals surface area contributed by atoms with Crippen LogP contribution in [0.1, 0.15) is 42.3 Å². The Kier molecular flexibility index (Phi) is 4.95. The highest BCUT2D eigenvalue weighted by atomic mass is 28.3. The lowest BCUT2D eigenvalue weighted by atomic mass is 9.84. The molecule has 0 fully saturated rings. The molecule has 27 heavy (non-hydrogen) atoms. The Morgan fingerprint density at radius 2 is 1.74 bits per heavy atom. The quantitative estimate of drug-likeness (QED) is 0.620. The van der Waals surface area contributed by atoms with Crippen LogP contribution in [0.25, 0.3) is 11.1 Å². The van der Waals surface area contributed by atoms with Crippen molar-refractivity contribution in [2.75, 3.05) is 12.8 Å². The Hall–Kier alpha value is -2.47. The Morgan fingerprint density at radius 3 is 2.33 bits per heavy atom. The average molecular weight is 385 g/mol. The predicted molar refractivity (Wildman–Crippen MR) is 112 cm³/mol. The average Bonchev–Trinajstić information content (AvgIpc) is 2.96. The van der Waals surface area contributed by atoms with Gasteiger partial charge in [-0.15, -0.1) is 0 Å². The number of ether oxygens (including phenoxy) is 1. The Balaban J connectivity index is 2.30. The van der Waals surface area contributed by atoms with Crippen LogP contribution in [-0.4, -0.2) is 22.1 Å². The minimum atomic E-state index is -1.40. The van der Waals surface area contributed by atoms with Crippen molar-refractivity contribution in [3.8, 4) is 22.6 Å². The van der Waals surface area contributed by atoms with Gasteiger partial charge in [-0.3, -0.25) is 4.79 Å². The first kappa shape index (κ1) is 19.3. The summed E-state index contributed by atoms with van der Waals surface area (Å²) in [4.78, 5) is 12.2. The molecule has 2 aromatic carbocycles. The summed E-state index contributed by atoms with van der Waals surface area (Å²) in [7, 11) is 0.286. The van der Waals surface area contributed by atoms with Crippen LogP contribution in [0.5, 0.6) is 11.5 Å². The topological polar surface area (TPSA) is 73.6 Å². The van der Waals surface area contributed by atoms with Gasteiger partial charge in [-0.25, -0.2) is 0 Å². The van der Waals surface area contributed by atoms with Gasteiger partial charge >= 0.3 is 0 Å². The summed E-state index contributed by atoms with van der Waals surface area (Å²) in [5.74, 6) is 1.41. The van der Waals surface area contributed by atoms with E-state index in [1.54, 1.807) is 13.2 Å². The van der Waals surface area contributed by atoms with Crippen LogP contribution in [0.15, 0.2) is 24.3 Å². The van der Waals surface area contributed by atoms with E-state index >= 15 is 0 Å². The molecule has 0 unspecified atom stereocenters. The fraction of sp³-hybridized carbons (Fsp3) is 0.381. The van der Waals surface area contributed by atoms with Crippen molar-refractivity contribution >= 4 is 20.6 Å². The number of hydrogen-bond acceptors (Lipinski definition) is 4. The Morgan fingerprint density at radius 1 is 1.07 bits per heavy atom. The normalized spacial score (nSPS) is 13.5. The fourth-order valence-electron chi connectivity index (χ4n) is 3.55. The zero-order valence-electron chi connectivity index (χ0n) is 16.9. The summed E-state index contributed by atoms with van der Waals surface area (Å²) < 4.78 is 12.2. The van der Waals surface area contributed by atoms with Gasteiger partial charge in [0.1, 0.15) is 0 Å². The lowest BCUT2D eigenvalue weighted by Gasteiger charge is -2.27. The largest absolute Gasteiger partial charge is 0.544 e. The molecule has 5 nitrogen and oxygen atoms in total. The highest BCUT2D eigenvalue weighted by Gasteiger charge is 2.29. The number of rotatable bonds is 4. The summed E-state index contributed by atoms with van der Waals surface area (Å²) in [6, 6.07) is 7.92. The second-order valence-electron chi connectivity index (χ2n) is 8.18. The molecule has 1 heterocycles. The molecule has 3 rings (SSSR count). The predicted octanol–water partition coefficient (Wildman–Crippen LogP) is 3.85. The van der Waals surface area contributed by atoms with E-state index in [1.165, 1.54) is 0 Å². The lowest BCUT2D eigenvalue weighted by Crippen LogP contribution is -2.17. The van der Waals surface area contributed by atoms with Crippen molar-refractivity contribution in [3.63, 3.8) is 0 Å². The van der Waals surface area contributed by atoms with E-state index in [1.807, 2.05) is 6.07 Å².